The van der Waals surface area contributed by atoms with E-state index in [1.165, 1.54) is 6.20 Å². The molecule has 0 aliphatic rings. The smallest absolute Gasteiger partial charge is 0.251 e. The first-order valence-corrected chi connectivity index (χ1v) is 5.74. The van der Waals surface area contributed by atoms with Crippen LogP contribution < -0.4 is 0 Å². The topological polar surface area (TPSA) is 12.9 Å². The zero-order valence-corrected chi connectivity index (χ0v) is 11.4. The second-order valence-corrected chi connectivity index (χ2v) is 4.69. The van der Waals surface area contributed by atoms with E-state index < -0.39 is 59.4 Å². The zero-order valence-electron chi connectivity index (χ0n) is 11.4. The van der Waals surface area contributed by atoms with E-state index in [1.807, 2.05) is 0 Å². The molecule has 0 aliphatic carbocycles. The number of alkyl halides is 13. The van der Waals surface area contributed by atoms with Crippen LogP contribution in [0.15, 0.2) is 12.3 Å². The second-order valence-electron chi connectivity index (χ2n) is 4.69. The fourth-order valence-electron chi connectivity index (χ4n) is 1.49. The van der Waals surface area contributed by atoms with Gasteiger partial charge < -0.3 is 0 Å². The third-order valence-electron chi connectivity index (χ3n) is 2.95. The van der Waals surface area contributed by atoms with E-state index in [9.17, 15) is 61.5 Å². The lowest BCUT2D eigenvalue weighted by atomic mass is 9.91. The monoisotopic (exact) mass is 414 g/mol. The lowest BCUT2D eigenvalue weighted by molar-refractivity contribution is -0.441. The Balaban J connectivity index is 3.58. The summed E-state index contributed by atoms with van der Waals surface area (Å²) in [6.07, 6.45) is -6.73. The van der Waals surface area contributed by atoms with Crippen LogP contribution in [0.1, 0.15) is 5.56 Å². The van der Waals surface area contributed by atoms with E-state index in [0.29, 0.717) is 0 Å². The normalized spacial score (nSPS) is 15.3. The minimum Gasteiger partial charge on any atom is -0.251 e. The van der Waals surface area contributed by atoms with Gasteiger partial charge in [0.25, 0.3) is 0 Å². The van der Waals surface area contributed by atoms with E-state index in [0.717, 1.165) is 0 Å². The minimum absolute atomic E-state index is 0.451. The first-order chi connectivity index (χ1) is 11.2. The molecular formula is C11H2F14N. The van der Waals surface area contributed by atoms with E-state index in [2.05, 4.69) is 4.98 Å². The van der Waals surface area contributed by atoms with Crippen LogP contribution in [0.2, 0.25) is 0 Å². The summed E-state index contributed by atoms with van der Waals surface area (Å²) in [5.74, 6) is -39.8. The molecule has 0 saturated carbocycles. The van der Waals surface area contributed by atoms with Crippen LogP contribution in [0.3, 0.4) is 0 Å². The second kappa shape index (κ2) is 5.84. The summed E-state index contributed by atoms with van der Waals surface area (Å²) in [5.41, 5.74) is -2.50. The van der Waals surface area contributed by atoms with Crippen molar-refractivity contribution < 1.29 is 61.5 Å². The van der Waals surface area contributed by atoms with Crippen LogP contribution in [-0.4, -0.2) is 34.9 Å². The maximum atomic E-state index is 13.5. The Labute approximate surface area is 133 Å². The van der Waals surface area contributed by atoms with E-state index in [-0.39, 0.29) is 0 Å². The molecule has 149 valence electrons. The Morgan fingerprint density at radius 3 is 1.46 bits per heavy atom. The number of nitrogens with zero attached hydrogens (tertiary/aromatic N) is 1. The lowest BCUT2D eigenvalue weighted by Crippen LogP contribution is -2.69. The number of rotatable bonds is 5. The highest BCUT2D eigenvalue weighted by atomic mass is 19.4. The van der Waals surface area contributed by atoms with Crippen LogP contribution in [0.5, 0.6) is 0 Å². The molecule has 0 bridgehead atoms. The van der Waals surface area contributed by atoms with Gasteiger partial charge in [-0.05, 0) is 6.07 Å². The van der Waals surface area contributed by atoms with Crippen molar-refractivity contribution in [3.63, 3.8) is 0 Å². The molecule has 0 saturated heterocycles. The maximum absolute atomic E-state index is 13.5. The first kappa shape index (κ1) is 22.2. The van der Waals surface area contributed by atoms with Gasteiger partial charge >= 0.3 is 35.8 Å². The van der Waals surface area contributed by atoms with Crippen molar-refractivity contribution in [2.24, 2.45) is 0 Å². The number of aromatic nitrogens is 1. The highest BCUT2D eigenvalue weighted by Gasteiger charge is 2.90. The number of halogens is 14. The molecule has 1 aromatic rings. The van der Waals surface area contributed by atoms with Gasteiger partial charge in [-0.2, -0.15) is 57.1 Å². The Bertz CT molecular complexity index is 661. The molecule has 1 rings (SSSR count). The van der Waals surface area contributed by atoms with Gasteiger partial charge in [-0.25, -0.2) is 4.39 Å². The molecule has 1 nitrogen and oxygen atoms in total. The van der Waals surface area contributed by atoms with E-state index in [4.69, 9.17) is 0 Å². The number of hydrogen-bond donors (Lipinski definition) is 0. The number of hydrogen-bond acceptors (Lipinski definition) is 1. The fraction of sp³-hybridized carbons (Fsp3) is 0.545. The third-order valence-corrected chi connectivity index (χ3v) is 2.95. The third kappa shape index (κ3) is 2.84. The summed E-state index contributed by atoms with van der Waals surface area (Å²) in [7, 11) is 0. The van der Waals surface area contributed by atoms with Crippen molar-refractivity contribution in [2.75, 3.05) is 0 Å². The van der Waals surface area contributed by atoms with Gasteiger partial charge in [-0.15, -0.1) is 0 Å². The van der Waals surface area contributed by atoms with Crippen LogP contribution in [-0.2, 0) is 5.92 Å². The molecule has 0 atom stereocenters. The molecule has 0 unspecified atom stereocenters. The molecule has 0 N–H and O–H groups in total. The minimum atomic E-state index is -8.00. The average molecular weight is 414 g/mol. The predicted octanol–water partition coefficient (Wildman–Crippen LogP) is 5.22. The van der Waals surface area contributed by atoms with Crippen LogP contribution >= 0.6 is 0 Å². The fourth-order valence-corrected chi connectivity index (χ4v) is 1.49. The Morgan fingerprint density at radius 2 is 1.08 bits per heavy atom. The lowest BCUT2D eigenvalue weighted by Gasteiger charge is -2.39. The van der Waals surface area contributed by atoms with Gasteiger partial charge in [0.2, 0.25) is 0 Å². The van der Waals surface area contributed by atoms with E-state index in [1.54, 1.807) is 0 Å². The summed E-state index contributed by atoms with van der Waals surface area (Å²) in [5, 5.41) is 0. The Hall–Kier alpha value is -1.83. The Morgan fingerprint density at radius 1 is 0.654 bits per heavy atom. The van der Waals surface area contributed by atoms with Crippen molar-refractivity contribution in [2.45, 2.75) is 35.8 Å². The van der Waals surface area contributed by atoms with Gasteiger partial charge in [-0.3, -0.25) is 4.98 Å². The molecule has 1 radical (unpaired) electrons. The summed E-state index contributed by atoms with van der Waals surface area (Å²) in [6.45, 7) is 0. The van der Waals surface area contributed by atoms with Crippen molar-refractivity contribution in [1.29, 1.82) is 0 Å². The zero-order chi connectivity index (χ0) is 21.0. The first-order valence-electron chi connectivity index (χ1n) is 5.74. The van der Waals surface area contributed by atoms with Crippen LogP contribution in [0, 0.1) is 12.0 Å². The summed E-state index contributed by atoms with van der Waals surface area (Å²) in [4.78, 5) is 2.42. The SMILES string of the molecule is Fc1[c]ncc(C(F)(F)C(F)(F)C(F)(F)C(F)(F)C(F)(F)C(F)(F)F)c1. The molecule has 0 aromatic carbocycles. The van der Waals surface area contributed by atoms with Crippen molar-refractivity contribution in [3.05, 3.63) is 29.8 Å². The molecule has 0 fully saturated rings. The largest absolute Gasteiger partial charge is 0.460 e. The molecule has 15 heteroatoms. The van der Waals surface area contributed by atoms with Gasteiger partial charge in [0, 0.05) is 11.8 Å². The molecular weight excluding hydrogens is 412 g/mol. The molecule has 1 aromatic heterocycles. The summed E-state index contributed by atoms with van der Waals surface area (Å²) >= 11 is 0. The molecule has 1 heterocycles. The highest BCUT2D eigenvalue weighted by molar-refractivity contribution is 5.23. The molecule has 0 amide bonds. The van der Waals surface area contributed by atoms with Crippen molar-refractivity contribution in [1.82, 2.24) is 4.98 Å². The maximum Gasteiger partial charge on any atom is 0.460 e. The Kier molecular flexibility index (Phi) is 4.99. The molecule has 0 aliphatic heterocycles. The van der Waals surface area contributed by atoms with E-state index >= 15 is 0 Å². The quantitative estimate of drug-likeness (QED) is 0.603. The standard InChI is InChI=1S/C11H2F14N/c12-5-1-4(2-26-3-5)6(13,14)7(15,16)8(17,18)9(19,20)10(21,22)11(23,24)25/h1-2H. The van der Waals surface area contributed by atoms with Crippen molar-refractivity contribution >= 4 is 0 Å². The van der Waals surface area contributed by atoms with Crippen LogP contribution in [0.25, 0.3) is 0 Å². The van der Waals surface area contributed by atoms with Gasteiger partial charge in [0.1, 0.15) is 6.20 Å². The predicted molar refractivity (Wildman–Crippen MR) is 52.8 cm³/mol. The van der Waals surface area contributed by atoms with Gasteiger partial charge in [0.15, 0.2) is 5.82 Å². The van der Waals surface area contributed by atoms with Crippen LogP contribution in [0.4, 0.5) is 61.5 Å². The van der Waals surface area contributed by atoms with Gasteiger partial charge in [0.05, 0.1) is 0 Å². The highest BCUT2D eigenvalue weighted by Crippen LogP contribution is 2.61. The van der Waals surface area contributed by atoms with Gasteiger partial charge in [-0.1, -0.05) is 0 Å². The van der Waals surface area contributed by atoms with Crippen molar-refractivity contribution in [3.8, 4) is 0 Å². The summed E-state index contributed by atoms with van der Waals surface area (Å²) < 4.78 is 180. The number of pyridine rings is 1. The average Bonchev–Trinajstić information content (AvgIpc) is 2.45. The summed E-state index contributed by atoms with van der Waals surface area (Å²) in [6, 6.07) is -0.628. The molecule has 0 spiro atoms. The molecule has 26 heavy (non-hydrogen) atoms.